The monoisotopic (exact) mass is 291 g/mol. The number of ketones is 1. The van der Waals surface area contributed by atoms with Crippen molar-refractivity contribution < 1.29 is 13.9 Å². The number of hydrogen-bond donors (Lipinski definition) is 0. The zero-order chi connectivity index (χ0) is 15.3. The normalized spacial score (nSPS) is 13.8. The maximum absolute atomic E-state index is 13.4. The van der Waals surface area contributed by atoms with Crippen LogP contribution in [0.1, 0.15) is 15.9 Å². The van der Waals surface area contributed by atoms with Crippen LogP contribution in [0.15, 0.2) is 60.7 Å². The van der Waals surface area contributed by atoms with Crippen LogP contribution >= 0.6 is 0 Å². The van der Waals surface area contributed by atoms with Crippen molar-refractivity contribution in [3.63, 3.8) is 0 Å². The Kier molecular flexibility index (Phi) is 2.60. The summed E-state index contributed by atoms with van der Waals surface area (Å²) in [6.45, 7) is 0. The fraction of sp³-hybridized carbons (Fsp3) is 0. The Hall–Kier alpha value is -3.01. The Bertz CT molecular complexity index is 970. The lowest BCUT2D eigenvalue weighted by Crippen LogP contribution is -2.16. The SMILES string of the molecule is O=C1C(c2cccc3ccccc23)=[N+]([O-])c2cc(F)ccc21. The van der Waals surface area contributed by atoms with Crippen LogP contribution < -0.4 is 0 Å². The second kappa shape index (κ2) is 4.49. The van der Waals surface area contributed by atoms with Crippen molar-refractivity contribution in [2.24, 2.45) is 0 Å². The molecule has 3 nitrogen and oxygen atoms in total. The molecular formula is C18H10FNO2. The molecule has 4 heteroatoms. The molecule has 1 aliphatic rings. The minimum Gasteiger partial charge on any atom is -0.618 e. The predicted molar refractivity (Wildman–Crippen MR) is 82.1 cm³/mol. The highest BCUT2D eigenvalue weighted by molar-refractivity contribution is 6.53. The van der Waals surface area contributed by atoms with E-state index in [1.54, 1.807) is 12.1 Å². The minimum atomic E-state index is -0.536. The van der Waals surface area contributed by atoms with Crippen LogP contribution in [0.4, 0.5) is 10.1 Å². The van der Waals surface area contributed by atoms with Crippen LogP contribution in [-0.2, 0) is 0 Å². The first-order valence-corrected chi connectivity index (χ1v) is 6.83. The third-order valence-corrected chi connectivity index (χ3v) is 3.89. The summed E-state index contributed by atoms with van der Waals surface area (Å²) in [5.41, 5.74) is 0.902. The number of fused-ring (bicyclic) bond motifs is 2. The van der Waals surface area contributed by atoms with Gasteiger partial charge in [-0.1, -0.05) is 36.4 Å². The summed E-state index contributed by atoms with van der Waals surface area (Å²) >= 11 is 0. The third kappa shape index (κ3) is 1.67. The molecule has 0 aliphatic carbocycles. The van der Waals surface area contributed by atoms with Gasteiger partial charge in [0.05, 0.1) is 5.56 Å². The van der Waals surface area contributed by atoms with E-state index >= 15 is 0 Å². The van der Waals surface area contributed by atoms with E-state index in [4.69, 9.17) is 0 Å². The van der Waals surface area contributed by atoms with Gasteiger partial charge in [-0.05, 0) is 29.0 Å². The van der Waals surface area contributed by atoms with Gasteiger partial charge in [0.15, 0.2) is 0 Å². The molecule has 106 valence electrons. The first kappa shape index (κ1) is 12.7. The number of rotatable bonds is 1. The predicted octanol–water partition coefficient (Wildman–Crippen LogP) is 3.81. The first-order valence-electron chi connectivity index (χ1n) is 6.83. The fourth-order valence-corrected chi connectivity index (χ4v) is 2.87. The molecule has 22 heavy (non-hydrogen) atoms. The van der Waals surface area contributed by atoms with Gasteiger partial charge in [0.2, 0.25) is 5.69 Å². The number of benzene rings is 3. The van der Waals surface area contributed by atoms with E-state index in [9.17, 15) is 14.4 Å². The standard InChI is InChI=1S/C18H10FNO2/c19-12-8-9-15-16(10-12)20(22)17(18(15)21)14-7-3-5-11-4-1-2-6-13(11)14/h1-10H. The highest BCUT2D eigenvalue weighted by Crippen LogP contribution is 2.31. The van der Waals surface area contributed by atoms with Gasteiger partial charge in [-0.2, -0.15) is 4.74 Å². The smallest absolute Gasteiger partial charge is 0.273 e. The molecule has 0 fully saturated rings. The zero-order valence-corrected chi connectivity index (χ0v) is 11.4. The lowest BCUT2D eigenvalue weighted by atomic mass is 9.97. The summed E-state index contributed by atoms with van der Waals surface area (Å²) in [7, 11) is 0. The molecule has 0 atom stereocenters. The molecule has 3 aromatic rings. The number of hydrogen-bond acceptors (Lipinski definition) is 2. The summed E-state index contributed by atoms with van der Waals surface area (Å²) in [5, 5.41) is 14.3. The maximum atomic E-state index is 13.4. The van der Waals surface area contributed by atoms with Crippen molar-refractivity contribution in [2.75, 3.05) is 0 Å². The molecule has 4 rings (SSSR count). The summed E-state index contributed by atoms with van der Waals surface area (Å²) in [4.78, 5) is 12.6. The van der Waals surface area contributed by atoms with E-state index in [1.165, 1.54) is 12.1 Å². The van der Waals surface area contributed by atoms with E-state index in [2.05, 4.69) is 0 Å². The topological polar surface area (TPSA) is 43.1 Å². The molecular weight excluding hydrogens is 281 g/mol. The molecule has 0 amide bonds. The summed E-state index contributed by atoms with van der Waals surface area (Å²) < 4.78 is 13.9. The quantitative estimate of drug-likeness (QED) is 0.505. The molecule has 0 spiro atoms. The van der Waals surface area contributed by atoms with E-state index < -0.39 is 5.82 Å². The number of halogens is 1. The Balaban J connectivity index is 2.02. The van der Waals surface area contributed by atoms with Crippen LogP contribution in [0.25, 0.3) is 10.8 Å². The van der Waals surface area contributed by atoms with Gasteiger partial charge < -0.3 is 5.21 Å². The average molecular weight is 291 g/mol. The summed E-state index contributed by atoms with van der Waals surface area (Å²) in [6.07, 6.45) is 0. The average Bonchev–Trinajstić information content (AvgIpc) is 2.78. The summed E-state index contributed by atoms with van der Waals surface area (Å²) in [5.74, 6) is -0.909. The lowest BCUT2D eigenvalue weighted by Gasteiger charge is -2.05. The molecule has 0 saturated carbocycles. The molecule has 0 bridgehead atoms. The van der Waals surface area contributed by atoms with Crippen LogP contribution in [0.2, 0.25) is 0 Å². The molecule has 0 unspecified atom stereocenters. The summed E-state index contributed by atoms with van der Waals surface area (Å²) in [6, 6.07) is 16.6. The van der Waals surface area contributed by atoms with Gasteiger partial charge in [-0.25, -0.2) is 4.39 Å². The fourth-order valence-electron chi connectivity index (χ4n) is 2.87. The Morgan fingerprint density at radius 2 is 1.68 bits per heavy atom. The molecule has 0 aromatic heterocycles. The largest absolute Gasteiger partial charge is 0.618 e. The molecule has 3 aromatic carbocycles. The third-order valence-electron chi connectivity index (χ3n) is 3.89. The van der Waals surface area contributed by atoms with E-state index in [1.807, 2.05) is 30.3 Å². The molecule has 1 heterocycles. The van der Waals surface area contributed by atoms with Gasteiger partial charge >= 0.3 is 0 Å². The van der Waals surface area contributed by atoms with Gasteiger partial charge in [-0.3, -0.25) is 4.79 Å². The molecule has 0 N–H and O–H groups in total. The second-order valence-electron chi connectivity index (χ2n) is 5.16. The van der Waals surface area contributed by atoms with Crippen molar-refractivity contribution in [1.29, 1.82) is 0 Å². The van der Waals surface area contributed by atoms with Crippen LogP contribution in [0.3, 0.4) is 0 Å². The van der Waals surface area contributed by atoms with Crippen molar-refractivity contribution in [3.05, 3.63) is 82.8 Å². The molecule has 0 radical (unpaired) electrons. The van der Waals surface area contributed by atoms with Crippen LogP contribution in [-0.4, -0.2) is 16.2 Å². The highest BCUT2D eigenvalue weighted by atomic mass is 19.1. The second-order valence-corrected chi connectivity index (χ2v) is 5.16. The minimum absolute atomic E-state index is 0.0393. The van der Waals surface area contributed by atoms with Crippen molar-refractivity contribution in [3.8, 4) is 0 Å². The van der Waals surface area contributed by atoms with E-state index in [-0.39, 0.29) is 22.7 Å². The number of nitrogens with zero attached hydrogens (tertiary/aromatic N) is 1. The van der Waals surface area contributed by atoms with Crippen LogP contribution in [0, 0.1) is 11.0 Å². The number of carbonyl (C=O) groups is 1. The zero-order valence-electron chi connectivity index (χ0n) is 11.4. The van der Waals surface area contributed by atoms with E-state index in [0.717, 1.165) is 16.8 Å². The maximum Gasteiger partial charge on any atom is 0.273 e. The van der Waals surface area contributed by atoms with Crippen molar-refractivity contribution >= 4 is 28.0 Å². The molecule has 0 saturated heterocycles. The highest BCUT2D eigenvalue weighted by Gasteiger charge is 2.37. The lowest BCUT2D eigenvalue weighted by molar-refractivity contribution is -0.355. The van der Waals surface area contributed by atoms with E-state index in [0.29, 0.717) is 10.3 Å². The van der Waals surface area contributed by atoms with Crippen LogP contribution in [0.5, 0.6) is 0 Å². The van der Waals surface area contributed by atoms with Gasteiger partial charge in [0.1, 0.15) is 11.4 Å². The van der Waals surface area contributed by atoms with Gasteiger partial charge in [-0.15, -0.1) is 0 Å². The number of Topliss-reactive ketones (excluding diaryl/α,β-unsaturated/α-hetero) is 1. The Labute approximate surface area is 125 Å². The Morgan fingerprint density at radius 1 is 0.909 bits per heavy atom. The van der Waals surface area contributed by atoms with Crippen molar-refractivity contribution in [1.82, 2.24) is 0 Å². The Morgan fingerprint density at radius 3 is 2.55 bits per heavy atom. The van der Waals surface area contributed by atoms with Gasteiger partial charge in [0.25, 0.3) is 11.5 Å². The van der Waals surface area contributed by atoms with Crippen molar-refractivity contribution in [2.45, 2.75) is 0 Å². The molecule has 1 aliphatic heterocycles. The first-order chi connectivity index (χ1) is 10.7. The number of carbonyl (C=O) groups excluding carboxylic acids is 1. The van der Waals surface area contributed by atoms with Gasteiger partial charge in [0, 0.05) is 6.07 Å².